The van der Waals surface area contributed by atoms with Crippen LogP contribution in [0.15, 0.2) is 100 Å². The Kier molecular flexibility index (Phi) is 11.9. The Labute approximate surface area is 318 Å². The molecule has 18 nitrogen and oxygen atoms in total. The normalized spacial score (nSPS) is 11.9. The largest absolute Gasteiger partial charge is 1.00 e. The van der Waals surface area contributed by atoms with Crippen molar-refractivity contribution in [1.82, 2.24) is 0 Å². The summed E-state index contributed by atoms with van der Waals surface area (Å²) in [7, 11) is -9.59. The minimum absolute atomic E-state index is 0. The van der Waals surface area contributed by atoms with Crippen molar-refractivity contribution in [2.24, 2.45) is 20.5 Å². The van der Waals surface area contributed by atoms with E-state index in [1.165, 1.54) is 0 Å². The van der Waals surface area contributed by atoms with Crippen LogP contribution in [0.3, 0.4) is 0 Å². The summed E-state index contributed by atoms with van der Waals surface area (Å²) >= 11 is 0. The molecule has 22 heteroatoms. The van der Waals surface area contributed by atoms with Crippen molar-refractivity contribution in [2.45, 2.75) is 9.79 Å². The molecule has 49 heavy (non-hydrogen) atoms. The van der Waals surface area contributed by atoms with Crippen LogP contribution in [-0.2, 0) is 20.2 Å². The van der Waals surface area contributed by atoms with Gasteiger partial charge in [-0.15, -0.1) is 10.2 Å². The van der Waals surface area contributed by atoms with Gasteiger partial charge in [-0.25, -0.2) is 16.8 Å². The van der Waals surface area contributed by atoms with Crippen LogP contribution in [0.2, 0.25) is 0 Å². The van der Waals surface area contributed by atoms with Crippen molar-refractivity contribution < 1.29 is 120 Å². The third kappa shape index (κ3) is 8.05. The van der Waals surface area contributed by atoms with Crippen molar-refractivity contribution in [3.05, 3.63) is 70.9 Å². The minimum Gasteiger partial charge on any atom is -0.744 e. The molecule has 5 aromatic rings. The van der Waals surface area contributed by atoms with Gasteiger partial charge in [-0.3, -0.25) is 4.79 Å². The predicted molar refractivity (Wildman–Crippen MR) is 155 cm³/mol. The molecule has 0 aliphatic carbocycles. The molecule has 0 aliphatic rings. The van der Waals surface area contributed by atoms with E-state index in [-0.39, 0.29) is 76.1 Å². The van der Waals surface area contributed by atoms with Gasteiger partial charge in [-0.05, 0) is 60.7 Å². The Morgan fingerprint density at radius 1 is 0.571 bits per heavy atom. The molecule has 0 bridgehead atoms. The zero-order valence-electron chi connectivity index (χ0n) is 24.8. The number of hydrogen-bond donors (Lipinski definition) is 6. The Bertz CT molecular complexity index is 2410. The van der Waals surface area contributed by atoms with Crippen LogP contribution in [0.4, 0.5) is 22.7 Å². The molecular formula is C27H16N4Na2O14S2. The molecule has 0 amide bonds. The second-order valence-corrected chi connectivity index (χ2v) is 12.1. The van der Waals surface area contributed by atoms with E-state index in [1.54, 1.807) is 0 Å². The third-order valence-electron chi connectivity index (χ3n) is 6.33. The van der Waals surface area contributed by atoms with E-state index in [2.05, 4.69) is 20.5 Å². The van der Waals surface area contributed by atoms with E-state index >= 15 is 0 Å². The number of rotatable bonds is 7. The van der Waals surface area contributed by atoms with Crippen LogP contribution >= 0.6 is 0 Å². The zero-order chi connectivity index (χ0) is 34.4. The molecule has 0 spiro atoms. The Morgan fingerprint density at radius 3 is 1.43 bits per heavy atom. The summed E-state index contributed by atoms with van der Waals surface area (Å²) in [5.74, 6) is -6.75. The van der Waals surface area contributed by atoms with Gasteiger partial charge in [0.25, 0.3) is 0 Å². The molecule has 242 valence electrons. The second kappa shape index (κ2) is 14.8. The molecule has 0 fully saturated rings. The molecule has 0 saturated carbocycles. The molecular weight excluding hydrogens is 714 g/mol. The summed E-state index contributed by atoms with van der Waals surface area (Å²) in [5.41, 5.74) is -4.21. The zero-order valence-corrected chi connectivity index (χ0v) is 30.5. The minimum atomic E-state index is -4.80. The number of benzene rings is 4. The fourth-order valence-corrected chi connectivity index (χ4v) is 4.99. The summed E-state index contributed by atoms with van der Waals surface area (Å²) in [6, 6.07) is 9.50. The van der Waals surface area contributed by atoms with Gasteiger partial charge >= 0.3 is 59.1 Å². The van der Waals surface area contributed by atoms with Gasteiger partial charge in [-0.2, -0.15) is 10.2 Å². The summed E-state index contributed by atoms with van der Waals surface area (Å²) in [6.07, 6.45) is 0. The maximum absolute atomic E-state index is 13.4. The van der Waals surface area contributed by atoms with E-state index in [0.29, 0.717) is 0 Å². The second-order valence-electron chi connectivity index (χ2n) is 9.37. The molecule has 0 atom stereocenters. The van der Waals surface area contributed by atoms with Crippen molar-refractivity contribution in [3.63, 3.8) is 0 Å². The number of azo groups is 2. The quantitative estimate of drug-likeness (QED) is 0.0473. The molecule has 0 radical (unpaired) electrons. The predicted octanol–water partition coefficient (Wildman–Crippen LogP) is -1.66. The maximum Gasteiger partial charge on any atom is 1.00 e. The molecule has 1 aromatic heterocycles. The van der Waals surface area contributed by atoms with Gasteiger partial charge in [0.2, 0.25) is 11.2 Å². The summed E-state index contributed by atoms with van der Waals surface area (Å²) in [4.78, 5) is 12.2. The number of fused-ring (bicyclic) bond motifs is 1. The van der Waals surface area contributed by atoms with E-state index in [4.69, 9.17) is 4.42 Å². The molecule has 5 rings (SSSR count). The summed E-state index contributed by atoms with van der Waals surface area (Å²) < 4.78 is 72.9. The fourth-order valence-electron chi connectivity index (χ4n) is 4.05. The van der Waals surface area contributed by atoms with Crippen molar-refractivity contribution in [3.8, 4) is 45.8 Å². The van der Waals surface area contributed by atoms with Gasteiger partial charge < -0.3 is 44.2 Å². The van der Waals surface area contributed by atoms with Gasteiger partial charge in [0, 0.05) is 5.56 Å². The SMILES string of the molecule is O=c1c(O)c(-c2cc(O)c(O)c(O)c2)oc2c(N=Nc3ccc(S(=O)(=O)[O-])cc3)c(O)c(N=Nc3ccc(S(=O)(=O)[O-])cc3)c(O)c12.[Na+].[Na+]. The number of phenols is 5. The summed E-state index contributed by atoms with van der Waals surface area (Å²) in [6.45, 7) is 0. The molecule has 0 aliphatic heterocycles. The van der Waals surface area contributed by atoms with Crippen LogP contribution in [0.5, 0.6) is 34.5 Å². The van der Waals surface area contributed by atoms with Gasteiger partial charge in [0.1, 0.15) is 25.6 Å². The van der Waals surface area contributed by atoms with E-state index in [1.807, 2.05) is 0 Å². The average Bonchev–Trinajstić information content (AvgIpc) is 3.00. The van der Waals surface area contributed by atoms with Crippen LogP contribution in [0, 0.1) is 0 Å². The number of nitrogens with zero attached hydrogens (tertiary/aromatic N) is 4. The molecule has 0 unspecified atom stereocenters. The third-order valence-corrected chi connectivity index (χ3v) is 8.03. The van der Waals surface area contributed by atoms with E-state index < -0.39 is 98.1 Å². The Balaban J connectivity index is 0.00000325. The maximum atomic E-state index is 13.4. The van der Waals surface area contributed by atoms with E-state index in [0.717, 1.165) is 60.7 Å². The van der Waals surface area contributed by atoms with Crippen LogP contribution in [0.25, 0.3) is 22.3 Å². The smallest absolute Gasteiger partial charge is 0.744 e. The van der Waals surface area contributed by atoms with Gasteiger partial charge in [-0.1, -0.05) is 0 Å². The van der Waals surface area contributed by atoms with Gasteiger partial charge in [0.05, 0.1) is 21.2 Å². The first-order valence-corrected chi connectivity index (χ1v) is 15.3. The first-order chi connectivity index (χ1) is 22.0. The average molecular weight is 731 g/mol. The van der Waals surface area contributed by atoms with Crippen molar-refractivity contribution >= 4 is 54.0 Å². The first kappa shape index (κ1) is 39.3. The molecule has 0 saturated heterocycles. The number of aromatic hydroxyl groups is 6. The van der Waals surface area contributed by atoms with Crippen molar-refractivity contribution in [1.29, 1.82) is 0 Å². The Morgan fingerprint density at radius 2 is 1.00 bits per heavy atom. The van der Waals surface area contributed by atoms with Crippen LogP contribution < -0.4 is 64.5 Å². The molecule has 1 heterocycles. The van der Waals surface area contributed by atoms with Crippen LogP contribution in [0.1, 0.15) is 0 Å². The van der Waals surface area contributed by atoms with Gasteiger partial charge in [0.15, 0.2) is 51.5 Å². The monoisotopic (exact) mass is 730 g/mol. The van der Waals surface area contributed by atoms with E-state index in [9.17, 15) is 61.4 Å². The summed E-state index contributed by atoms with van der Waals surface area (Å²) in [5, 5.41) is 76.6. The standard InChI is InChI=1S/C27H18N4O14S2.2Na/c32-16-9-11(10-17(33)21(16)34)26-25(38)23(36)18-22(35)19(30-28-12-1-5-14(6-2-12)46(39,40)41)24(37)20(27(18)45-26)31-29-13-3-7-15(8-4-13)47(42,43)44;;/h1-10,32-35,37-38H,(H,39,40,41)(H,42,43,44);;/q;2*+1/p-2. The topological polar surface area (TPSA) is 315 Å². The first-order valence-electron chi connectivity index (χ1n) is 12.5. The van der Waals surface area contributed by atoms with Crippen molar-refractivity contribution in [2.75, 3.05) is 0 Å². The van der Waals surface area contributed by atoms with Crippen LogP contribution in [-0.4, -0.2) is 56.6 Å². The Hall–Kier alpha value is -4.09. The number of phenolic OH excluding ortho intramolecular Hbond substituents is 5. The molecule has 4 aromatic carbocycles. The molecule has 6 N–H and O–H groups in total. The number of hydrogen-bond acceptors (Lipinski definition) is 18. The fraction of sp³-hybridized carbons (Fsp3) is 0.